The lowest BCUT2D eigenvalue weighted by atomic mass is 10.1. The molecule has 0 amide bonds. The number of aryl methyl sites for hydroxylation is 1. The summed E-state index contributed by atoms with van der Waals surface area (Å²) in [6, 6.07) is 9.02. The SMILES string of the molecule is CNS(=O)(=O)c1ccccc1NC1CCc2sc(Cl)cc21. The monoisotopic (exact) mass is 342 g/mol. The maximum atomic E-state index is 12.1. The van der Waals surface area contributed by atoms with Gasteiger partial charge in [-0.05, 0) is 43.7 Å². The fourth-order valence-electron chi connectivity index (χ4n) is 2.60. The molecule has 4 nitrogen and oxygen atoms in total. The van der Waals surface area contributed by atoms with E-state index in [1.54, 1.807) is 29.5 Å². The smallest absolute Gasteiger partial charge is 0.242 e. The Hall–Kier alpha value is -1.08. The summed E-state index contributed by atoms with van der Waals surface area (Å²) in [7, 11) is -2.06. The number of halogens is 1. The second kappa shape index (κ2) is 5.61. The van der Waals surface area contributed by atoms with Crippen molar-refractivity contribution in [2.75, 3.05) is 12.4 Å². The van der Waals surface area contributed by atoms with Crippen LogP contribution < -0.4 is 10.0 Å². The standard InChI is InChI=1S/C14H15ClN2O2S2/c1-16-21(18,19)13-5-3-2-4-11(13)17-10-6-7-12-9(10)8-14(15)20-12/h2-5,8,10,16-17H,6-7H2,1H3. The number of rotatable bonds is 4. The van der Waals surface area contributed by atoms with Crippen molar-refractivity contribution in [3.8, 4) is 0 Å². The molecule has 0 saturated heterocycles. The van der Waals surface area contributed by atoms with Crippen LogP contribution in [-0.4, -0.2) is 15.5 Å². The summed E-state index contributed by atoms with van der Waals surface area (Å²) in [6.07, 6.45) is 1.93. The van der Waals surface area contributed by atoms with E-state index in [9.17, 15) is 8.42 Å². The van der Waals surface area contributed by atoms with Gasteiger partial charge in [-0.25, -0.2) is 13.1 Å². The summed E-state index contributed by atoms with van der Waals surface area (Å²) in [5.41, 5.74) is 1.80. The van der Waals surface area contributed by atoms with E-state index in [4.69, 9.17) is 11.6 Å². The van der Waals surface area contributed by atoms with Crippen LogP contribution in [0.5, 0.6) is 0 Å². The van der Waals surface area contributed by atoms with Gasteiger partial charge in [0.15, 0.2) is 0 Å². The number of nitrogens with one attached hydrogen (secondary N) is 2. The Bertz CT molecular complexity index is 771. The molecule has 1 aliphatic rings. The Labute approximate surface area is 133 Å². The topological polar surface area (TPSA) is 58.2 Å². The van der Waals surface area contributed by atoms with Crippen LogP contribution in [0, 0.1) is 0 Å². The average Bonchev–Trinajstić information content (AvgIpc) is 3.00. The molecule has 1 aliphatic carbocycles. The van der Waals surface area contributed by atoms with Gasteiger partial charge in [0.05, 0.1) is 16.1 Å². The first-order valence-corrected chi connectivity index (χ1v) is 9.26. The fourth-order valence-corrected chi connectivity index (χ4v) is 4.85. The van der Waals surface area contributed by atoms with Crippen LogP contribution in [0.15, 0.2) is 35.2 Å². The molecule has 0 bridgehead atoms. The highest BCUT2D eigenvalue weighted by Crippen LogP contribution is 2.41. The normalized spacial score (nSPS) is 17.7. The molecule has 21 heavy (non-hydrogen) atoms. The molecule has 2 aromatic rings. The third-order valence-corrected chi connectivity index (χ3v) is 6.43. The van der Waals surface area contributed by atoms with Crippen LogP contribution in [0.2, 0.25) is 4.34 Å². The van der Waals surface area contributed by atoms with Gasteiger partial charge in [-0.1, -0.05) is 23.7 Å². The van der Waals surface area contributed by atoms with Crippen molar-refractivity contribution < 1.29 is 8.42 Å². The molecule has 1 aromatic heterocycles. The average molecular weight is 343 g/mol. The number of anilines is 1. The number of hydrogen-bond donors (Lipinski definition) is 2. The van der Waals surface area contributed by atoms with Crippen LogP contribution in [0.1, 0.15) is 22.9 Å². The third-order valence-electron chi connectivity index (χ3n) is 3.62. The maximum Gasteiger partial charge on any atom is 0.242 e. The summed E-state index contributed by atoms with van der Waals surface area (Å²) in [4.78, 5) is 1.55. The van der Waals surface area contributed by atoms with E-state index in [1.807, 2.05) is 12.1 Å². The van der Waals surface area contributed by atoms with Gasteiger partial charge in [-0.3, -0.25) is 0 Å². The van der Waals surface area contributed by atoms with E-state index in [0.29, 0.717) is 5.69 Å². The first kappa shape index (κ1) is 14.8. The summed E-state index contributed by atoms with van der Waals surface area (Å²) in [5.74, 6) is 0. The van der Waals surface area contributed by atoms with Crippen LogP contribution >= 0.6 is 22.9 Å². The Kier molecular flexibility index (Phi) is 3.96. The number of sulfonamides is 1. The molecule has 1 atom stereocenters. The molecule has 112 valence electrons. The molecule has 1 aromatic carbocycles. The van der Waals surface area contributed by atoms with Gasteiger partial charge >= 0.3 is 0 Å². The molecule has 7 heteroatoms. The first-order valence-electron chi connectivity index (χ1n) is 6.58. The lowest BCUT2D eigenvalue weighted by Crippen LogP contribution is -2.20. The largest absolute Gasteiger partial charge is 0.377 e. The van der Waals surface area contributed by atoms with Crippen molar-refractivity contribution in [3.63, 3.8) is 0 Å². The van der Waals surface area contributed by atoms with E-state index in [0.717, 1.165) is 17.2 Å². The Morgan fingerprint density at radius 3 is 2.86 bits per heavy atom. The predicted molar refractivity (Wildman–Crippen MR) is 86.7 cm³/mol. The van der Waals surface area contributed by atoms with E-state index in [-0.39, 0.29) is 10.9 Å². The molecule has 1 unspecified atom stereocenters. The van der Waals surface area contributed by atoms with Crippen LogP contribution in [0.4, 0.5) is 5.69 Å². The highest BCUT2D eigenvalue weighted by molar-refractivity contribution is 7.89. The van der Waals surface area contributed by atoms with Crippen LogP contribution in [0.25, 0.3) is 0 Å². The van der Waals surface area contributed by atoms with E-state index in [2.05, 4.69) is 10.0 Å². The van der Waals surface area contributed by atoms with Crippen molar-refractivity contribution in [2.45, 2.75) is 23.8 Å². The number of para-hydroxylation sites is 1. The van der Waals surface area contributed by atoms with Gasteiger partial charge in [0, 0.05) is 4.88 Å². The Morgan fingerprint density at radius 2 is 2.10 bits per heavy atom. The van der Waals surface area contributed by atoms with E-state index in [1.165, 1.54) is 17.5 Å². The van der Waals surface area contributed by atoms with E-state index < -0.39 is 10.0 Å². The molecule has 0 fully saturated rings. The lowest BCUT2D eigenvalue weighted by Gasteiger charge is -2.17. The molecule has 3 rings (SSSR count). The number of thiophene rings is 1. The Morgan fingerprint density at radius 1 is 1.33 bits per heavy atom. The molecule has 0 spiro atoms. The van der Waals surface area contributed by atoms with Crippen molar-refractivity contribution in [2.24, 2.45) is 0 Å². The van der Waals surface area contributed by atoms with Gasteiger partial charge in [0.25, 0.3) is 0 Å². The molecule has 0 radical (unpaired) electrons. The minimum atomic E-state index is -3.48. The number of hydrogen-bond acceptors (Lipinski definition) is 4. The molecule has 1 heterocycles. The van der Waals surface area contributed by atoms with Crippen LogP contribution in [-0.2, 0) is 16.4 Å². The zero-order chi connectivity index (χ0) is 15.0. The lowest BCUT2D eigenvalue weighted by molar-refractivity contribution is 0.588. The third kappa shape index (κ3) is 2.81. The minimum absolute atomic E-state index is 0.108. The Balaban J connectivity index is 1.93. The summed E-state index contributed by atoms with van der Waals surface area (Å²) >= 11 is 7.66. The second-order valence-electron chi connectivity index (χ2n) is 4.87. The number of fused-ring (bicyclic) bond motifs is 1. The summed E-state index contributed by atoms with van der Waals surface area (Å²) in [6.45, 7) is 0. The predicted octanol–water partition coefficient (Wildman–Crippen LogP) is 3.41. The summed E-state index contributed by atoms with van der Waals surface area (Å²) in [5, 5.41) is 3.35. The first-order chi connectivity index (χ1) is 10.0. The van der Waals surface area contributed by atoms with Crippen molar-refractivity contribution in [3.05, 3.63) is 45.1 Å². The van der Waals surface area contributed by atoms with Gasteiger partial charge in [-0.15, -0.1) is 11.3 Å². The number of benzene rings is 1. The van der Waals surface area contributed by atoms with Crippen LogP contribution in [0.3, 0.4) is 0 Å². The van der Waals surface area contributed by atoms with Crippen molar-refractivity contribution >= 4 is 38.6 Å². The molecule has 2 N–H and O–H groups in total. The van der Waals surface area contributed by atoms with Crippen molar-refractivity contribution in [1.29, 1.82) is 0 Å². The molecular formula is C14H15ClN2O2S2. The van der Waals surface area contributed by atoms with Gasteiger partial charge < -0.3 is 5.32 Å². The van der Waals surface area contributed by atoms with E-state index >= 15 is 0 Å². The second-order valence-corrected chi connectivity index (χ2v) is 8.49. The summed E-state index contributed by atoms with van der Waals surface area (Å²) < 4.78 is 27.3. The van der Waals surface area contributed by atoms with Gasteiger partial charge in [0.2, 0.25) is 10.0 Å². The van der Waals surface area contributed by atoms with Crippen molar-refractivity contribution in [1.82, 2.24) is 4.72 Å². The zero-order valence-electron chi connectivity index (χ0n) is 11.4. The zero-order valence-corrected chi connectivity index (χ0v) is 13.8. The van der Waals surface area contributed by atoms with Gasteiger partial charge in [0.1, 0.15) is 4.90 Å². The quantitative estimate of drug-likeness (QED) is 0.895. The maximum absolute atomic E-state index is 12.1. The molecule has 0 aliphatic heterocycles. The highest BCUT2D eigenvalue weighted by Gasteiger charge is 2.26. The molecule has 0 saturated carbocycles. The fraction of sp³-hybridized carbons (Fsp3) is 0.286. The van der Waals surface area contributed by atoms with Gasteiger partial charge in [-0.2, -0.15) is 0 Å². The highest BCUT2D eigenvalue weighted by atomic mass is 35.5. The minimum Gasteiger partial charge on any atom is -0.377 e. The molecular weight excluding hydrogens is 328 g/mol.